The van der Waals surface area contributed by atoms with Gasteiger partial charge in [-0.3, -0.25) is 4.79 Å². The van der Waals surface area contributed by atoms with Crippen molar-refractivity contribution in [3.05, 3.63) is 54.1 Å². The van der Waals surface area contributed by atoms with Crippen LogP contribution in [0, 0.1) is 0 Å². The fraction of sp³-hybridized carbons (Fsp3) is 0.440. The molecule has 8 heteroatoms. The lowest BCUT2D eigenvalue weighted by Gasteiger charge is -2.35. The monoisotopic (exact) mass is 453 g/mol. The second-order valence-corrected chi connectivity index (χ2v) is 8.57. The summed E-state index contributed by atoms with van der Waals surface area (Å²) < 4.78 is 5.95. The molecule has 0 unspecified atom stereocenters. The van der Waals surface area contributed by atoms with Crippen molar-refractivity contribution >= 4 is 23.3 Å². The van der Waals surface area contributed by atoms with E-state index in [0.29, 0.717) is 48.3 Å². The number of hydrogen-bond donors (Lipinski definition) is 2. The molecule has 1 aliphatic heterocycles. The molecule has 178 valence electrons. The molecule has 0 atom stereocenters. The van der Waals surface area contributed by atoms with Gasteiger partial charge in [0.15, 0.2) is 0 Å². The highest BCUT2D eigenvalue weighted by molar-refractivity contribution is 6.06. The maximum absolute atomic E-state index is 12.8. The first-order chi connectivity index (χ1) is 15.9. The van der Waals surface area contributed by atoms with Crippen molar-refractivity contribution in [3.63, 3.8) is 0 Å². The van der Waals surface area contributed by atoms with E-state index in [1.165, 1.54) is 0 Å². The first kappa shape index (κ1) is 24.4. The number of amides is 3. The summed E-state index contributed by atoms with van der Waals surface area (Å²) in [4.78, 5) is 30.9. The average Bonchev–Trinajstić information content (AvgIpc) is 2.83. The Hall–Kier alpha value is -3.26. The van der Waals surface area contributed by atoms with E-state index in [2.05, 4.69) is 24.3 Å². The Labute approximate surface area is 196 Å². The van der Waals surface area contributed by atoms with Crippen molar-refractivity contribution in [2.24, 2.45) is 0 Å². The van der Waals surface area contributed by atoms with Crippen molar-refractivity contribution in [3.8, 4) is 5.75 Å². The molecule has 2 aromatic carbocycles. The van der Waals surface area contributed by atoms with E-state index in [1.54, 1.807) is 36.2 Å². The number of nitrogen functional groups attached to an aromatic ring is 1. The number of para-hydroxylation sites is 2. The molecule has 8 nitrogen and oxygen atoms in total. The molecule has 0 radical (unpaired) electrons. The van der Waals surface area contributed by atoms with Crippen LogP contribution in [0.2, 0.25) is 0 Å². The molecular weight excluding hydrogens is 418 g/mol. The molecule has 0 saturated carbocycles. The fourth-order valence-electron chi connectivity index (χ4n) is 3.93. The smallest absolute Gasteiger partial charge is 0.317 e. The summed E-state index contributed by atoms with van der Waals surface area (Å²) in [7, 11) is 5.90. The third kappa shape index (κ3) is 6.61. The molecule has 0 aliphatic carbocycles. The van der Waals surface area contributed by atoms with Crippen molar-refractivity contribution < 1.29 is 14.3 Å². The number of carbonyl (C=O) groups is 2. The van der Waals surface area contributed by atoms with Gasteiger partial charge in [0.05, 0.1) is 12.3 Å². The van der Waals surface area contributed by atoms with Crippen LogP contribution in [-0.4, -0.2) is 75.2 Å². The number of nitrogens with zero attached hydrogens (tertiary/aromatic N) is 3. The topological polar surface area (TPSA) is 91.1 Å². The molecule has 0 spiro atoms. The zero-order valence-corrected chi connectivity index (χ0v) is 19.8. The molecule has 0 bridgehead atoms. The summed E-state index contributed by atoms with van der Waals surface area (Å²) in [5, 5.41) is 2.98. The van der Waals surface area contributed by atoms with Crippen molar-refractivity contribution in [2.45, 2.75) is 25.3 Å². The highest BCUT2D eigenvalue weighted by Crippen LogP contribution is 2.28. The third-order valence-electron chi connectivity index (χ3n) is 6.03. The number of hydrogen-bond acceptors (Lipinski definition) is 5. The summed E-state index contributed by atoms with van der Waals surface area (Å²) in [5.41, 5.74) is 7.57. The van der Waals surface area contributed by atoms with Crippen LogP contribution in [0.3, 0.4) is 0 Å². The van der Waals surface area contributed by atoms with E-state index in [0.717, 1.165) is 25.9 Å². The Morgan fingerprint density at radius 3 is 2.39 bits per heavy atom. The highest BCUT2D eigenvalue weighted by atomic mass is 16.5. The Morgan fingerprint density at radius 2 is 1.73 bits per heavy atom. The normalized spacial score (nSPS) is 14.2. The number of urea groups is 1. The third-order valence-corrected chi connectivity index (χ3v) is 6.03. The Morgan fingerprint density at radius 1 is 1.06 bits per heavy atom. The summed E-state index contributed by atoms with van der Waals surface area (Å²) in [6.45, 7) is 2.54. The van der Waals surface area contributed by atoms with Crippen molar-refractivity contribution in [1.82, 2.24) is 15.1 Å². The predicted octanol–water partition coefficient (Wildman–Crippen LogP) is 3.05. The number of carbonyl (C=O) groups excluding carboxylic acids is 2. The molecule has 2 aromatic rings. The van der Waals surface area contributed by atoms with E-state index in [9.17, 15) is 9.59 Å². The van der Waals surface area contributed by atoms with Crippen LogP contribution in [0.4, 0.5) is 16.2 Å². The van der Waals surface area contributed by atoms with Crippen molar-refractivity contribution in [2.75, 3.05) is 58.0 Å². The fourth-order valence-corrected chi connectivity index (χ4v) is 3.93. The van der Waals surface area contributed by atoms with Gasteiger partial charge in [0.25, 0.3) is 5.91 Å². The molecular formula is C25H35N5O3. The van der Waals surface area contributed by atoms with Gasteiger partial charge in [-0.2, -0.15) is 0 Å². The van der Waals surface area contributed by atoms with Gasteiger partial charge in [0.1, 0.15) is 5.75 Å². The minimum atomic E-state index is -0.142. The van der Waals surface area contributed by atoms with Gasteiger partial charge in [-0.25, -0.2) is 4.79 Å². The number of benzene rings is 2. The molecule has 3 N–H and O–H groups in total. The lowest BCUT2D eigenvalue weighted by molar-refractivity contribution is 0.0992. The zero-order chi connectivity index (χ0) is 23.8. The zero-order valence-electron chi connectivity index (χ0n) is 19.8. The van der Waals surface area contributed by atoms with Gasteiger partial charge in [0, 0.05) is 44.0 Å². The van der Waals surface area contributed by atoms with E-state index < -0.39 is 0 Å². The quantitative estimate of drug-likeness (QED) is 0.474. The summed E-state index contributed by atoms with van der Waals surface area (Å²) in [6.07, 6.45) is 2.68. The summed E-state index contributed by atoms with van der Waals surface area (Å²) >= 11 is 0. The van der Waals surface area contributed by atoms with E-state index in [4.69, 9.17) is 10.5 Å². The second-order valence-electron chi connectivity index (χ2n) is 8.57. The molecule has 1 aliphatic rings. The Balaban J connectivity index is 1.45. The molecule has 33 heavy (non-hydrogen) atoms. The van der Waals surface area contributed by atoms with Crippen LogP contribution in [0.25, 0.3) is 0 Å². The second kappa shape index (κ2) is 11.6. The lowest BCUT2D eigenvalue weighted by Crippen LogP contribution is -2.48. The largest absolute Gasteiger partial charge is 0.491 e. The number of anilines is 2. The first-order valence-electron chi connectivity index (χ1n) is 11.4. The highest BCUT2D eigenvalue weighted by Gasteiger charge is 2.23. The maximum atomic E-state index is 12.8. The molecule has 1 fully saturated rings. The molecule has 1 saturated heterocycles. The van der Waals surface area contributed by atoms with Crippen LogP contribution < -0.4 is 20.7 Å². The average molecular weight is 454 g/mol. The number of nitrogens with one attached hydrogen (secondary N) is 1. The Bertz CT molecular complexity index is 924. The van der Waals surface area contributed by atoms with Crippen LogP contribution in [0.15, 0.2) is 48.5 Å². The van der Waals surface area contributed by atoms with Crippen LogP contribution in [0.1, 0.15) is 29.6 Å². The molecule has 1 heterocycles. The predicted molar refractivity (Wildman–Crippen MR) is 132 cm³/mol. The molecule has 0 aromatic heterocycles. The molecule has 3 rings (SSSR count). The SMILES string of the molecule is CN(C(=O)c1ccc(N)cc1)c1ccccc1OCCCNC(=O)N1CCC(N(C)C)CC1. The Kier molecular flexibility index (Phi) is 8.54. The summed E-state index contributed by atoms with van der Waals surface area (Å²) in [5.74, 6) is 0.484. The standard InChI is InChI=1S/C25H35N5O3/c1-28(2)21-13-16-30(17-14-21)25(32)27-15-6-18-33-23-8-5-4-7-22(23)29(3)24(31)19-9-11-20(26)12-10-19/h4-5,7-12,21H,6,13-18,26H2,1-3H3,(H,27,32). The van der Waals surface area contributed by atoms with Gasteiger partial charge < -0.3 is 30.5 Å². The number of likely N-dealkylation sites (tertiary alicyclic amines) is 1. The van der Waals surface area contributed by atoms with Gasteiger partial charge in [-0.15, -0.1) is 0 Å². The van der Waals surface area contributed by atoms with Crippen LogP contribution in [-0.2, 0) is 0 Å². The van der Waals surface area contributed by atoms with Gasteiger partial charge in [0.2, 0.25) is 0 Å². The number of nitrogens with two attached hydrogens (primary N) is 1. The lowest BCUT2D eigenvalue weighted by atomic mass is 10.0. The van der Waals surface area contributed by atoms with Gasteiger partial charge in [-0.1, -0.05) is 12.1 Å². The van der Waals surface area contributed by atoms with E-state index in [1.807, 2.05) is 29.2 Å². The van der Waals surface area contributed by atoms with Crippen LogP contribution in [0.5, 0.6) is 5.75 Å². The van der Waals surface area contributed by atoms with Gasteiger partial charge >= 0.3 is 6.03 Å². The number of rotatable bonds is 8. The van der Waals surface area contributed by atoms with E-state index in [-0.39, 0.29) is 11.9 Å². The first-order valence-corrected chi connectivity index (χ1v) is 11.4. The van der Waals surface area contributed by atoms with Crippen molar-refractivity contribution in [1.29, 1.82) is 0 Å². The number of ether oxygens (including phenoxy) is 1. The molecule has 3 amide bonds. The van der Waals surface area contributed by atoms with Crippen LogP contribution >= 0.6 is 0 Å². The number of piperidine rings is 1. The minimum Gasteiger partial charge on any atom is -0.491 e. The maximum Gasteiger partial charge on any atom is 0.317 e. The van der Waals surface area contributed by atoms with Gasteiger partial charge in [-0.05, 0) is 69.8 Å². The minimum absolute atomic E-state index is 0.0126. The van der Waals surface area contributed by atoms with E-state index >= 15 is 0 Å². The summed E-state index contributed by atoms with van der Waals surface area (Å²) in [6, 6.07) is 14.8.